The van der Waals surface area contributed by atoms with Crippen LogP contribution < -0.4 is 11.1 Å². The fraction of sp³-hybridized carbons (Fsp3) is 0. The molecule has 0 heterocycles. The van der Waals surface area contributed by atoms with Crippen molar-refractivity contribution in [3.63, 3.8) is 0 Å². The van der Waals surface area contributed by atoms with Gasteiger partial charge in [0.15, 0.2) is 0 Å². The Labute approximate surface area is 110 Å². The van der Waals surface area contributed by atoms with E-state index in [4.69, 9.17) is 5.73 Å². The standard InChI is InChI=1S/C12H11N3O2.ClH/c13-9-6-7-11(12(8-9)15(16)17)14-10-4-2-1-3-5-10;/h1-8,14H,13H2;1H. The molecule has 0 aromatic heterocycles. The summed E-state index contributed by atoms with van der Waals surface area (Å²) in [6.45, 7) is 0. The van der Waals surface area contributed by atoms with Crippen LogP contribution in [0.15, 0.2) is 48.5 Å². The van der Waals surface area contributed by atoms with E-state index < -0.39 is 4.92 Å². The van der Waals surface area contributed by atoms with Crippen LogP contribution in [0.2, 0.25) is 0 Å². The molecule has 3 N–H and O–H groups in total. The monoisotopic (exact) mass is 265 g/mol. The summed E-state index contributed by atoms with van der Waals surface area (Å²) in [6, 6.07) is 13.8. The molecule has 2 rings (SSSR count). The second kappa shape index (κ2) is 5.88. The third-order valence-corrected chi connectivity index (χ3v) is 2.27. The molecule has 0 amide bonds. The summed E-state index contributed by atoms with van der Waals surface area (Å²) in [5, 5.41) is 13.9. The maximum Gasteiger partial charge on any atom is 0.294 e. The molecule has 2 aromatic rings. The lowest BCUT2D eigenvalue weighted by Crippen LogP contribution is -1.98. The van der Waals surface area contributed by atoms with Gasteiger partial charge in [0.25, 0.3) is 5.69 Å². The second-order valence-electron chi connectivity index (χ2n) is 3.52. The van der Waals surface area contributed by atoms with Gasteiger partial charge in [0.1, 0.15) is 5.69 Å². The number of nitro benzene ring substituents is 1. The number of nitrogen functional groups attached to an aromatic ring is 1. The number of nitrogens with one attached hydrogen (secondary N) is 1. The van der Waals surface area contributed by atoms with E-state index in [1.165, 1.54) is 6.07 Å². The number of benzene rings is 2. The number of nitrogens with two attached hydrogens (primary N) is 1. The Balaban J connectivity index is 0.00000162. The van der Waals surface area contributed by atoms with Gasteiger partial charge in [-0.05, 0) is 24.3 Å². The van der Waals surface area contributed by atoms with Crippen LogP contribution in [0.4, 0.5) is 22.7 Å². The highest BCUT2D eigenvalue weighted by Crippen LogP contribution is 2.29. The first kappa shape index (κ1) is 13.8. The number of nitrogens with zero attached hydrogens (tertiary/aromatic N) is 1. The molecule has 0 aliphatic rings. The van der Waals surface area contributed by atoms with E-state index in [9.17, 15) is 10.1 Å². The second-order valence-corrected chi connectivity index (χ2v) is 3.52. The zero-order valence-electron chi connectivity index (χ0n) is 9.37. The maximum absolute atomic E-state index is 10.9. The number of hydrogen-bond acceptors (Lipinski definition) is 4. The Kier molecular flexibility index (Phi) is 4.51. The van der Waals surface area contributed by atoms with Gasteiger partial charge in [0, 0.05) is 17.4 Å². The van der Waals surface area contributed by atoms with E-state index >= 15 is 0 Å². The van der Waals surface area contributed by atoms with Gasteiger partial charge in [0.2, 0.25) is 0 Å². The van der Waals surface area contributed by atoms with Crippen LogP contribution in [0.3, 0.4) is 0 Å². The summed E-state index contributed by atoms with van der Waals surface area (Å²) in [6.07, 6.45) is 0. The predicted molar refractivity (Wildman–Crippen MR) is 74.5 cm³/mol. The van der Waals surface area contributed by atoms with Gasteiger partial charge in [0.05, 0.1) is 4.92 Å². The number of halogens is 1. The van der Waals surface area contributed by atoms with E-state index in [2.05, 4.69) is 5.32 Å². The van der Waals surface area contributed by atoms with E-state index in [1.807, 2.05) is 30.3 Å². The Hall–Kier alpha value is -2.27. The van der Waals surface area contributed by atoms with Crippen molar-refractivity contribution in [3.05, 3.63) is 58.6 Å². The van der Waals surface area contributed by atoms with E-state index in [0.717, 1.165) is 5.69 Å². The van der Waals surface area contributed by atoms with Crippen LogP contribution in [0, 0.1) is 10.1 Å². The summed E-state index contributed by atoms with van der Waals surface area (Å²) in [5.74, 6) is 0. The highest BCUT2D eigenvalue weighted by molar-refractivity contribution is 5.85. The number of anilines is 3. The van der Waals surface area contributed by atoms with Crippen LogP contribution in [0.1, 0.15) is 0 Å². The van der Waals surface area contributed by atoms with E-state index in [1.54, 1.807) is 12.1 Å². The molecule has 0 fully saturated rings. The predicted octanol–water partition coefficient (Wildman–Crippen LogP) is 3.34. The van der Waals surface area contributed by atoms with Crippen LogP contribution in [-0.4, -0.2) is 4.92 Å². The van der Waals surface area contributed by atoms with Crippen molar-refractivity contribution in [1.29, 1.82) is 0 Å². The fourth-order valence-electron chi connectivity index (χ4n) is 1.48. The third kappa shape index (κ3) is 3.11. The molecule has 0 saturated heterocycles. The summed E-state index contributed by atoms with van der Waals surface area (Å²) < 4.78 is 0. The first-order valence-electron chi connectivity index (χ1n) is 5.03. The summed E-state index contributed by atoms with van der Waals surface area (Å²) in [7, 11) is 0. The molecular formula is C12H12ClN3O2. The SMILES string of the molecule is Cl.Nc1ccc(Nc2ccccc2)c([N+](=O)[O-])c1. The molecule has 5 nitrogen and oxygen atoms in total. The molecule has 0 radical (unpaired) electrons. The molecule has 0 saturated carbocycles. The molecule has 0 unspecified atom stereocenters. The van der Waals surface area contributed by atoms with Gasteiger partial charge in [-0.25, -0.2) is 0 Å². The van der Waals surface area contributed by atoms with Gasteiger partial charge in [-0.2, -0.15) is 0 Å². The van der Waals surface area contributed by atoms with Crippen molar-refractivity contribution in [3.8, 4) is 0 Å². The average molecular weight is 266 g/mol. The zero-order chi connectivity index (χ0) is 12.3. The van der Waals surface area contributed by atoms with Crippen LogP contribution in [0.5, 0.6) is 0 Å². The molecule has 0 spiro atoms. The van der Waals surface area contributed by atoms with Crippen molar-refractivity contribution in [2.24, 2.45) is 0 Å². The number of nitro groups is 1. The van der Waals surface area contributed by atoms with Crippen molar-refractivity contribution in [2.45, 2.75) is 0 Å². The molecule has 2 aromatic carbocycles. The van der Waals surface area contributed by atoms with Crippen molar-refractivity contribution < 1.29 is 4.92 Å². The highest BCUT2D eigenvalue weighted by Gasteiger charge is 2.13. The summed E-state index contributed by atoms with van der Waals surface area (Å²) in [4.78, 5) is 10.4. The first-order chi connectivity index (χ1) is 8.16. The van der Waals surface area contributed by atoms with Gasteiger partial charge in [-0.1, -0.05) is 18.2 Å². The molecular weight excluding hydrogens is 254 g/mol. The Bertz CT molecular complexity index is 546. The molecule has 18 heavy (non-hydrogen) atoms. The minimum absolute atomic E-state index is 0. The number of rotatable bonds is 3. The number of para-hydroxylation sites is 1. The highest BCUT2D eigenvalue weighted by atomic mass is 35.5. The molecule has 0 bridgehead atoms. The Morgan fingerprint density at radius 1 is 1.11 bits per heavy atom. The first-order valence-corrected chi connectivity index (χ1v) is 5.03. The molecule has 0 aliphatic carbocycles. The fourth-order valence-corrected chi connectivity index (χ4v) is 1.48. The maximum atomic E-state index is 10.9. The number of hydrogen-bond donors (Lipinski definition) is 2. The van der Waals surface area contributed by atoms with E-state index in [-0.39, 0.29) is 18.1 Å². The summed E-state index contributed by atoms with van der Waals surface area (Å²) in [5.41, 5.74) is 7.08. The Morgan fingerprint density at radius 2 is 1.78 bits per heavy atom. The average Bonchev–Trinajstić information content (AvgIpc) is 2.32. The van der Waals surface area contributed by atoms with Crippen molar-refractivity contribution in [2.75, 3.05) is 11.1 Å². The zero-order valence-corrected chi connectivity index (χ0v) is 10.2. The van der Waals surface area contributed by atoms with Gasteiger partial charge < -0.3 is 11.1 Å². The lowest BCUT2D eigenvalue weighted by atomic mass is 10.2. The molecule has 94 valence electrons. The molecule has 0 atom stereocenters. The van der Waals surface area contributed by atoms with Crippen molar-refractivity contribution in [1.82, 2.24) is 0 Å². The van der Waals surface area contributed by atoms with E-state index in [0.29, 0.717) is 11.4 Å². The summed E-state index contributed by atoms with van der Waals surface area (Å²) >= 11 is 0. The third-order valence-electron chi connectivity index (χ3n) is 2.27. The minimum Gasteiger partial charge on any atom is -0.399 e. The smallest absolute Gasteiger partial charge is 0.294 e. The van der Waals surface area contributed by atoms with Crippen molar-refractivity contribution >= 4 is 35.2 Å². The van der Waals surface area contributed by atoms with Crippen LogP contribution in [0.25, 0.3) is 0 Å². The van der Waals surface area contributed by atoms with Crippen LogP contribution >= 0.6 is 12.4 Å². The quantitative estimate of drug-likeness (QED) is 0.507. The largest absolute Gasteiger partial charge is 0.399 e. The topological polar surface area (TPSA) is 81.2 Å². The van der Waals surface area contributed by atoms with Gasteiger partial charge in [-0.3, -0.25) is 10.1 Å². The minimum atomic E-state index is -0.457. The normalized spacial score (nSPS) is 9.33. The molecule has 6 heteroatoms. The Morgan fingerprint density at radius 3 is 2.39 bits per heavy atom. The lowest BCUT2D eigenvalue weighted by Gasteiger charge is -2.07. The molecule has 0 aliphatic heterocycles. The van der Waals surface area contributed by atoms with Gasteiger partial charge >= 0.3 is 0 Å². The lowest BCUT2D eigenvalue weighted by molar-refractivity contribution is -0.383. The van der Waals surface area contributed by atoms with Crippen LogP contribution in [-0.2, 0) is 0 Å². The van der Waals surface area contributed by atoms with Gasteiger partial charge in [-0.15, -0.1) is 12.4 Å².